The zero-order valence-electron chi connectivity index (χ0n) is 8.09. The fourth-order valence-corrected chi connectivity index (χ4v) is 3.34. The highest BCUT2D eigenvalue weighted by Gasteiger charge is 1.96. The topological polar surface area (TPSA) is 78.1 Å². The molecule has 0 saturated carbocycles. The maximum Gasteiger partial charge on any atom is 0.0376 e. The summed E-state index contributed by atoms with van der Waals surface area (Å²) in [5, 5.41) is 2.11. The van der Waals surface area contributed by atoms with Gasteiger partial charge >= 0.3 is 0 Å². The van der Waals surface area contributed by atoms with E-state index < -0.39 is 0 Å². The highest BCUT2D eigenvalue weighted by atomic mass is 35.5. The molecule has 0 amide bonds. The predicted molar refractivity (Wildman–Crippen MR) is 78.2 cm³/mol. The Hall–Kier alpha value is 1.09. The van der Waals surface area contributed by atoms with Crippen molar-refractivity contribution in [2.75, 3.05) is 30.3 Å². The van der Waals surface area contributed by atoms with Gasteiger partial charge in [-0.25, -0.2) is 11.4 Å². The summed E-state index contributed by atoms with van der Waals surface area (Å²) in [6, 6.07) is 0.184. The lowest BCUT2D eigenvalue weighted by molar-refractivity contribution is 1.03. The lowest BCUT2D eigenvalue weighted by Crippen LogP contribution is -2.23. The van der Waals surface area contributed by atoms with Crippen molar-refractivity contribution in [3.63, 3.8) is 0 Å². The molecule has 0 aromatic carbocycles. The minimum Gasteiger partial charge on any atom is -0.330 e. The van der Waals surface area contributed by atoms with Gasteiger partial charge in [0.1, 0.15) is 0 Å². The lowest BCUT2D eigenvalue weighted by Gasteiger charge is -2.04. The van der Waals surface area contributed by atoms with Gasteiger partial charge in [0, 0.05) is 30.6 Å². The summed E-state index contributed by atoms with van der Waals surface area (Å²) in [7, 11) is 3.57. The first kappa shape index (κ1) is 17.5. The zero-order chi connectivity index (χ0) is 9.94. The average molecular weight is 278 g/mol. The van der Waals surface area contributed by atoms with Crippen LogP contribution in [0.5, 0.6) is 0 Å². The molecule has 0 heterocycles. The number of halogens is 1. The summed E-state index contributed by atoms with van der Waals surface area (Å²) in [5.74, 6) is 2.97. The quantitative estimate of drug-likeness (QED) is 0.222. The highest BCUT2D eigenvalue weighted by molar-refractivity contribution is 8.76. The van der Waals surface area contributed by atoms with Crippen LogP contribution in [-0.4, -0.2) is 41.8 Å². The minimum absolute atomic E-state index is 0. The molecule has 0 aliphatic rings. The fraction of sp³-hybridized carbons (Fsp3) is 0.857. The molecular formula is C7H20ClN3S3. The summed E-state index contributed by atoms with van der Waals surface area (Å²) in [5.41, 5.74) is 16.5. The Morgan fingerprint density at radius 2 is 1.93 bits per heavy atom. The second-order valence-electron chi connectivity index (χ2n) is 2.40. The zero-order valence-corrected chi connectivity index (χ0v) is 11.4. The molecule has 0 rings (SSSR count). The minimum atomic E-state index is 0. The van der Waals surface area contributed by atoms with Gasteiger partial charge in [-0.15, -0.1) is 12.4 Å². The number of hydrogen-bond acceptors (Lipinski definition) is 5. The van der Waals surface area contributed by atoms with Gasteiger partial charge in [0.2, 0.25) is 0 Å². The predicted octanol–water partition coefficient (Wildman–Crippen LogP) is 0.302. The van der Waals surface area contributed by atoms with Gasteiger partial charge in [-0.1, -0.05) is 21.6 Å². The van der Waals surface area contributed by atoms with E-state index in [1.807, 2.05) is 0 Å². The first-order chi connectivity index (χ1) is 6.31. The molecule has 0 unspecified atom stereocenters. The van der Waals surface area contributed by atoms with Crippen molar-refractivity contribution < 1.29 is 0 Å². The Kier molecular flexibility index (Phi) is 17.6. The molecule has 88 valence electrons. The Balaban J connectivity index is 0. The van der Waals surface area contributed by atoms with Gasteiger partial charge in [0.05, 0.1) is 0 Å². The third kappa shape index (κ3) is 13.1. The number of rotatable bonds is 8. The summed E-state index contributed by atoms with van der Waals surface area (Å²) >= 11 is 1.25. The maximum absolute atomic E-state index is 5.83. The molecule has 0 saturated heterocycles. The van der Waals surface area contributed by atoms with Crippen LogP contribution in [0.3, 0.4) is 0 Å². The van der Waals surface area contributed by atoms with Crippen LogP contribution >= 0.6 is 45.3 Å². The SMILES string of the molecule is Cl.NCCSSC[C@H](N)C=[SH]CCN. The molecule has 1 atom stereocenters. The Labute approximate surface area is 104 Å². The number of thiol groups is 1. The Bertz CT molecular complexity index is 137. The van der Waals surface area contributed by atoms with Crippen LogP contribution in [0, 0.1) is 0 Å². The molecule has 0 radical (unpaired) electrons. The molecule has 6 N–H and O–H groups in total. The molecule has 0 aliphatic carbocycles. The van der Waals surface area contributed by atoms with E-state index in [1.54, 1.807) is 21.6 Å². The van der Waals surface area contributed by atoms with Crippen molar-refractivity contribution in [3.8, 4) is 0 Å². The second kappa shape index (κ2) is 14.1. The molecule has 3 nitrogen and oxygen atoms in total. The average Bonchev–Trinajstić information content (AvgIpc) is 2.13. The molecule has 0 aromatic rings. The van der Waals surface area contributed by atoms with Crippen molar-refractivity contribution in [2.24, 2.45) is 17.2 Å². The van der Waals surface area contributed by atoms with E-state index in [4.69, 9.17) is 17.2 Å². The molecular weight excluding hydrogens is 258 g/mol. The van der Waals surface area contributed by atoms with Gasteiger partial charge in [0.25, 0.3) is 0 Å². The normalized spacial score (nSPS) is 13.4. The van der Waals surface area contributed by atoms with E-state index in [1.165, 1.54) is 11.4 Å². The molecule has 0 fully saturated rings. The van der Waals surface area contributed by atoms with E-state index in [2.05, 4.69) is 5.37 Å². The summed E-state index contributed by atoms with van der Waals surface area (Å²) < 4.78 is 0. The standard InChI is InChI=1S/C7H19N3S3.ClH/c8-1-3-11-5-7(10)6-13-12-4-2-9;/h5,7,11H,1-4,6,8-10H2;1H/t7-;/m1./s1. The Morgan fingerprint density at radius 1 is 1.21 bits per heavy atom. The van der Waals surface area contributed by atoms with Crippen LogP contribution in [-0.2, 0) is 0 Å². The van der Waals surface area contributed by atoms with Crippen molar-refractivity contribution in [3.05, 3.63) is 0 Å². The van der Waals surface area contributed by atoms with E-state index in [0.29, 0.717) is 0 Å². The maximum atomic E-state index is 5.83. The summed E-state index contributed by atoms with van der Waals surface area (Å²) in [6.07, 6.45) is 0. The largest absolute Gasteiger partial charge is 0.330 e. The van der Waals surface area contributed by atoms with Gasteiger partial charge in [-0.05, 0) is 11.1 Å². The number of hydrogen-bond donors (Lipinski definition) is 4. The van der Waals surface area contributed by atoms with Crippen LogP contribution in [0.1, 0.15) is 0 Å². The van der Waals surface area contributed by atoms with Gasteiger partial charge in [-0.2, -0.15) is 0 Å². The van der Waals surface area contributed by atoms with Crippen LogP contribution in [0.2, 0.25) is 0 Å². The molecule has 0 aromatic heterocycles. The van der Waals surface area contributed by atoms with Crippen LogP contribution in [0.4, 0.5) is 0 Å². The number of nitrogens with two attached hydrogens (primary N) is 3. The molecule has 0 spiro atoms. The highest BCUT2D eigenvalue weighted by Crippen LogP contribution is 2.20. The van der Waals surface area contributed by atoms with Crippen molar-refractivity contribution in [1.82, 2.24) is 0 Å². The Morgan fingerprint density at radius 3 is 2.50 bits per heavy atom. The molecule has 14 heavy (non-hydrogen) atoms. The van der Waals surface area contributed by atoms with Gasteiger partial charge < -0.3 is 17.2 Å². The van der Waals surface area contributed by atoms with E-state index in [-0.39, 0.29) is 18.4 Å². The lowest BCUT2D eigenvalue weighted by atomic mass is 10.4. The second-order valence-corrected chi connectivity index (χ2v) is 6.14. The smallest absolute Gasteiger partial charge is 0.0376 e. The van der Waals surface area contributed by atoms with E-state index >= 15 is 0 Å². The molecule has 0 aliphatic heterocycles. The fourth-order valence-electron chi connectivity index (χ4n) is 0.561. The third-order valence-corrected chi connectivity index (χ3v) is 4.71. The summed E-state index contributed by atoms with van der Waals surface area (Å²) in [6.45, 7) is 1.47. The molecule has 7 heteroatoms. The molecule has 0 bridgehead atoms. The van der Waals surface area contributed by atoms with Crippen LogP contribution in [0.15, 0.2) is 0 Å². The third-order valence-electron chi connectivity index (χ3n) is 1.10. The van der Waals surface area contributed by atoms with Gasteiger partial charge in [-0.3, -0.25) is 0 Å². The van der Waals surface area contributed by atoms with E-state index in [9.17, 15) is 0 Å². The van der Waals surface area contributed by atoms with Crippen LogP contribution in [0.25, 0.3) is 0 Å². The van der Waals surface area contributed by atoms with Crippen molar-refractivity contribution in [1.29, 1.82) is 0 Å². The van der Waals surface area contributed by atoms with Crippen LogP contribution < -0.4 is 17.2 Å². The monoisotopic (exact) mass is 277 g/mol. The first-order valence-corrected chi connectivity index (χ1v) is 7.85. The summed E-state index contributed by atoms with van der Waals surface area (Å²) in [4.78, 5) is 0. The van der Waals surface area contributed by atoms with Gasteiger partial charge in [0.15, 0.2) is 0 Å². The van der Waals surface area contributed by atoms with Crippen molar-refractivity contribution in [2.45, 2.75) is 6.04 Å². The first-order valence-electron chi connectivity index (χ1n) is 4.21. The van der Waals surface area contributed by atoms with Crippen molar-refractivity contribution >= 4 is 50.7 Å². The van der Waals surface area contributed by atoms with E-state index in [0.717, 1.165) is 30.3 Å².